The smallest absolute Gasteiger partial charge is 0.335 e. The molecule has 0 amide bonds. The third-order valence-corrected chi connectivity index (χ3v) is 4.01. The van der Waals surface area contributed by atoms with Crippen LogP contribution in [-0.2, 0) is 4.74 Å². The zero-order chi connectivity index (χ0) is 15.4. The predicted octanol–water partition coefficient (Wildman–Crippen LogP) is 2.77. The Labute approximate surface area is 125 Å². The number of ether oxygens (including phenoxy) is 1. The second-order valence-corrected chi connectivity index (χ2v) is 5.98. The second-order valence-electron chi connectivity index (χ2n) is 5.98. The minimum atomic E-state index is -0.894. The van der Waals surface area contributed by atoms with Crippen LogP contribution in [0.15, 0.2) is 12.1 Å². The number of rotatable bonds is 5. The highest BCUT2D eigenvalue weighted by Gasteiger charge is 2.21. The maximum atomic E-state index is 11.3. The summed E-state index contributed by atoms with van der Waals surface area (Å²) < 4.78 is 5.21. The first-order valence-electron chi connectivity index (χ1n) is 7.50. The fourth-order valence-corrected chi connectivity index (χ4v) is 2.68. The zero-order valence-electron chi connectivity index (χ0n) is 13.0. The molecule has 5 nitrogen and oxygen atoms in total. The summed E-state index contributed by atoms with van der Waals surface area (Å²) in [5.41, 5.74) is 1.16. The van der Waals surface area contributed by atoms with Crippen LogP contribution in [0.25, 0.3) is 0 Å². The zero-order valence-corrected chi connectivity index (χ0v) is 13.0. The van der Waals surface area contributed by atoms with Crippen molar-refractivity contribution in [3.63, 3.8) is 0 Å². The third-order valence-electron chi connectivity index (χ3n) is 4.01. The van der Waals surface area contributed by atoms with Gasteiger partial charge in [-0.05, 0) is 36.8 Å². The van der Waals surface area contributed by atoms with Gasteiger partial charge in [-0.1, -0.05) is 13.8 Å². The lowest BCUT2D eigenvalue weighted by atomic mass is 9.97. The monoisotopic (exact) mass is 292 g/mol. The lowest BCUT2D eigenvalue weighted by molar-refractivity contribution is 0.0696. The minimum Gasteiger partial charge on any atom is -0.478 e. The van der Waals surface area contributed by atoms with E-state index in [9.17, 15) is 9.90 Å². The van der Waals surface area contributed by atoms with Crippen LogP contribution in [0.3, 0.4) is 0 Å². The number of anilines is 1. The van der Waals surface area contributed by atoms with Gasteiger partial charge in [0.25, 0.3) is 0 Å². The number of hydrogen-bond donors (Lipinski definition) is 1. The summed E-state index contributed by atoms with van der Waals surface area (Å²) in [6.45, 7) is 6.67. The van der Waals surface area contributed by atoms with Crippen LogP contribution in [0.1, 0.15) is 48.7 Å². The lowest BCUT2D eigenvalue weighted by Gasteiger charge is -2.33. The maximum absolute atomic E-state index is 11.3. The molecule has 5 heteroatoms. The first-order chi connectivity index (χ1) is 10.0. The Morgan fingerprint density at radius 3 is 2.62 bits per heavy atom. The molecule has 116 valence electrons. The normalized spacial score (nSPS) is 16.5. The molecule has 0 radical (unpaired) electrons. The molecule has 0 saturated carbocycles. The largest absolute Gasteiger partial charge is 0.478 e. The molecule has 1 saturated heterocycles. The highest BCUT2D eigenvalue weighted by molar-refractivity contribution is 5.88. The average molecular weight is 292 g/mol. The highest BCUT2D eigenvalue weighted by atomic mass is 16.5. The molecule has 1 N–H and O–H groups in total. The number of hydrogen-bond acceptors (Lipinski definition) is 4. The molecule has 21 heavy (non-hydrogen) atoms. The summed E-state index contributed by atoms with van der Waals surface area (Å²) >= 11 is 0. The molecule has 0 unspecified atom stereocenters. The van der Waals surface area contributed by atoms with Crippen LogP contribution >= 0.6 is 0 Å². The molecular weight excluding hydrogens is 268 g/mol. The molecule has 1 aromatic rings. The first-order valence-corrected chi connectivity index (χ1v) is 7.50. The van der Waals surface area contributed by atoms with E-state index in [-0.39, 0.29) is 5.92 Å². The molecule has 2 heterocycles. The van der Waals surface area contributed by atoms with E-state index in [4.69, 9.17) is 4.74 Å². The third kappa shape index (κ3) is 3.94. The van der Waals surface area contributed by atoms with Gasteiger partial charge in [0.05, 0.1) is 5.56 Å². The van der Waals surface area contributed by atoms with Gasteiger partial charge in [0, 0.05) is 32.5 Å². The SMILES string of the molecule is COCC1CCN(c2cc(C(=O)O)cc(C(C)C)n2)CC1. The second kappa shape index (κ2) is 6.89. The van der Waals surface area contributed by atoms with Crippen LogP contribution in [0, 0.1) is 5.92 Å². The van der Waals surface area contributed by atoms with Crippen molar-refractivity contribution in [2.45, 2.75) is 32.6 Å². The molecule has 2 rings (SSSR count). The summed E-state index contributed by atoms with van der Waals surface area (Å²) in [7, 11) is 1.74. The van der Waals surface area contributed by atoms with Crippen molar-refractivity contribution in [3.05, 3.63) is 23.4 Å². The van der Waals surface area contributed by atoms with E-state index in [1.165, 1.54) is 0 Å². The van der Waals surface area contributed by atoms with E-state index in [1.807, 2.05) is 13.8 Å². The number of pyridine rings is 1. The van der Waals surface area contributed by atoms with Gasteiger partial charge in [-0.2, -0.15) is 0 Å². The molecule has 1 fully saturated rings. The topological polar surface area (TPSA) is 62.7 Å². The van der Waals surface area contributed by atoms with Gasteiger partial charge in [-0.25, -0.2) is 9.78 Å². The van der Waals surface area contributed by atoms with E-state index >= 15 is 0 Å². The number of aromatic carboxylic acids is 1. The molecule has 0 spiro atoms. The number of aromatic nitrogens is 1. The Hall–Kier alpha value is -1.62. The summed E-state index contributed by atoms with van der Waals surface area (Å²) in [5.74, 6) is 0.705. The summed E-state index contributed by atoms with van der Waals surface area (Å²) in [6, 6.07) is 3.36. The number of carbonyl (C=O) groups is 1. The van der Waals surface area contributed by atoms with E-state index in [2.05, 4.69) is 9.88 Å². The Kier molecular flexibility index (Phi) is 5.17. The maximum Gasteiger partial charge on any atom is 0.335 e. The van der Waals surface area contributed by atoms with Gasteiger partial charge >= 0.3 is 5.97 Å². The van der Waals surface area contributed by atoms with Crippen LogP contribution in [-0.4, -0.2) is 42.9 Å². The molecule has 1 aliphatic heterocycles. The van der Waals surface area contributed by atoms with Crippen molar-refractivity contribution < 1.29 is 14.6 Å². The lowest BCUT2D eigenvalue weighted by Crippen LogP contribution is -2.35. The molecular formula is C16H24N2O3. The van der Waals surface area contributed by atoms with E-state index in [0.29, 0.717) is 11.5 Å². The van der Waals surface area contributed by atoms with Gasteiger partial charge in [-0.3, -0.25) is 0 Å². The van der Waals surface area contributed by atoms with Gasteiger partial charge in [0.15, 0.2) is 0 Å². The number of carboxylic acid groups (broad SMARTS) is 1. The van der Waals surface area contributed by atoms with Gasteiger partial charge in [0.2, 0.25) is 0 Å². The van der Waals surface area contributed by atoms with Crippen LogP contribution in [0.4, 0.5) is 5.82 Å². The standard InChI is InChI=1S/C16H24N2O3/c1-11(2)14-8-13(16(19)20)9-15(17-14)18-6-4-12(5-7-18)10-21-3/h8-9,11-12H,4-7,10H2,1-3H3,(H,19,20). The van der Waals surface area contributed by atoms with E-state index in [1.54, 1.807) is 19.2 Å². The van der Waals surface area contributed by atoms with E-state index in [0.717, 1.165) is 44.0 Å². The quantitative estimate of drug-likeness (QED) is 0.904. The first kappa shape index (κ1) is 15.8. The Balaban J connectivity index is 2.18. The molecule has 1 aliphatic rings. The van der Waals surface area contributed by atoms with Crippen molar-refractivity contribution in [2.75, 3.05) is 31.7 Å². The molecule has 0 aromatic carbocycles. The van der Waals surface area contributed by atoms with Gasteiger partial charge in [0.1, 0.15) is 5.82 Å². The minimum absolute atomic E-state index is 0.217. The van der Waals surface area contributed by atoms with Crippen LogP contribution < -0.4 is 4.90 Å². The molecule has 0 aliphatic carbocycles. The summed E-state index contributed by atoms with van der Waals surface area (Å²) in [5, 5.41) is 9.26. The molecule has 0 atom stereocenters. The van der Waals surface area contributed by atoms with Gasteiger partial charge < -0.3 is 14.7 Å². The number of carboxylic acids is 1. The number of piperidine rings is 1. The van der Waals surface area contributed by atoms with Crippen molar-refractivity contribution in [1.29, 1.82) is 0 Å². The summed E-state index contributed by atoms with van der Waals surface area (Å²) in [6.07, 6.45) is 2.12. The van der Waals surface area contributed by atoms with Crippen molar-refractivity contribution >= 4 is 11.8 Å². The van der Waals surface area contributed by atoms with Crippen molar-refractivity contribution in [3.8, 4) is 0 Å². The van der Waals surface area contributed by atoms with Crippen LogP contribution in [0.2, 0.25) is 0 Å². The Bertz CT molecular complexity index is 494. The summed E-state index contributed by atoms with van der Waals surface area (Å²) in [4.78, 5) is 18.1. The fraction of sp³-hybridized carbons (Fsp3) is 0.625. The van der Waals surface area contributed by atoms with Gasteiger partial charge in [-0.15, -0.1) is 0 Å². The van der Waals surface area contributed by atoms with Crippen molar-refractivity contribution in [1.82, 2.24) is 4.98 Å². The Morgan fingerprint density at radius 1 is 1.43 bits per heavy atom. The predicted molar refractivity (Wildman–Crippen MR) is 82.1 cm³/mol. The average Bonchev–Trinajstić information content (AvgIpc) is 2.47. The molecule has 1 aromatic heterocycles. The number of nitrogens with zero attached hydrogens (tertiary/aromatic N) is 2. The highest BCUT2D eigenvalue weighted by Crippen LogP contribution is 2.25. The molecule has 0 bridgehead atoms. The fourth-order valence-electron chi connectivity index (χ4n) is 2.68. The van der Waals surface area contributed by atoms with E-state index < -0.39 is 5.97 Å². The Morgan fingerprint density at radius 2 is 2.10 bits per heavy atom. The van der Waals surface area contributed by atoms with Crippen molar-refractivity contribution in [2.24, 2.45) is 5.92 Å². The number of methoxy groups -OCH3 is 1. The van der Waals surface area contributed by atoms with Crippen LogP contribution in [0.5, 0.6) is 0 Å².